The van der Waals surface area contributed by atoms with Gasteiger partial charge in [0.1, 0.15) is 0 Å². The normalized spacial score (nSPS) is 24.1. The SMILES string of the molecule is CCCCC1(Cl)CCCN(S(=O)(=O)c2ccc(C)cc2)C1. The number of sulfonamides is 1. The highest BCUT2D eigenvalue weighted by atomic mass is 35.5. The summed E-state index contributed by atoms with van der Waals surface area (Å²) in [6, 6.07) is 7.03. The van der Waals surface area contributed by atoms with Crippen molar-refractivity contribution in [1.29, 1.82) is 0 Å². The second-order valence-corrected chi connectivity index (χ2v) is 8.75. The maximum atomic E-state index is 12.7. The summed E-state index contributed by atoms with van der Waals surface area (Å²) in [6.07, 6.45) is 4.73. The predicted molar refractivity (Wildman–Crippen MR) is 87.3 cm³/mol. The summed E-state index contributed by atoms with van der Waals surface area (Å²) in [7, 11) is -3.43. The first-order valence-corrected chi connectivity index (χ1v) is 9.45. The second-order valence-electron chi connectivity index (χ2n) is 6.01. The number of benzene rings is 1. The number of unbranched alkanes of at least 4 members (excludes halogenated alkanes) is 1. The van der Waals surface area contributed by atoms with E-state index in [2.05, 4.69) is 6.92 Å². The van der Waals surface area contributed by atoms with E-state index in [0.29, 0.717) is 18.0 Å². The average Bonchev–Trinajstić information content (AvgIpc) is 2.46. The van der Waals surface area contributed by atoms with E-state index in [-0.39, 0.29) is 0 Å². The molecule has 118 valence electrons. The third-order valence-electron chi connectivity index (χ3n) is 4.13. The Morgan fingerprint density at radius 2 is 1.95 bits per heavy atom. The molecule has 0 aliphatic carbocycles. The number of halogens is 1. The third-order valence-corrected chi connectivity index (χ3v) is 6.49. The average molecular weight is 330 g/mol. The van der Waals surface area contributed by atoms with Crippen LogP contribution >= 0.6 is 11.6 Å². The Balaban J connectivity index is 2.18. The van der Waals surface area contributed by atoms with Crippen LogP contribution in [-0.4, -0.2) is 30.7 Å². The molecule has 1 atom stereocenters. The topological polar surface area (TPSA) is 37.4 Å². The van der Waals surface area contributed by atoms with Crippen LogP contribution in [-0.2, 0) is 10.0 Å². The molecule has 0 amide bonds. The van der Waals surface area contributed by atoms with Crippen molar-refractivity contribution in [3.05, 3.63) is 29.8 Å². The lowest BCUT2D eigenvalue weighted by Gasteiger charge is -2.38. The van der Waals surface area contributed by atoms with Crippen LogP contribution in [0.4, 0.5) is 0 Å². The number of rotatable bonds is 5. The van der Waals surface area contributed by atoms with Crippen molar-refractivity contribution in [3.8, 4) is 0 Å². The van der Waals surface area contributed by atoms with Crippen LogP contribution in [0.2, 0.25) is 0 Å². The van der Waals surface area contributed by atoms with Crippen LogP contribution < -0.4 is 0 Å². The fourth-order valence-corrected chi connectivity index (χ4v) is 4.86. The standard InChI is InChI=1S/C16H24ClNO2S/c1-3-4-10-16(17)11-5-12-18(13-16)21(19,20)15-8-6-14(2)7-9-15/h6-9H,3-5,10-13H2,1-2H3. The summed E-state index contributed by atoms with van der Waals surface area (Å²) in [6.45, 7) is 5.07. The second kappa shape index (κ2) is 6.67. The number of nitrogens with zero attached hydrogens (tertiary/aromatic N) is 1. The number of hydrogen-bond donors (Lipinski definition) is 0. The highest BCUT2D eigenvalue weighted by molar-refractivity contribution is 7.89. The highest BCUT2D eigenvalue weighted by Gasteiger charge is 2.38. The lowest BCUT2D eigenvalue weighted by molar-refractivity contribution is 0.273. The Kier molecular flexibility index (Phi) is 5.33. The molecule has 0 spiro atoms. The summed E-state index contributed by atoms with van der Waals surface area (Å²) in [5, 5.41) is 0. The van der Waals surface area contributed by atoms with Gasteiger partial charge in [0.15, 0.2) is 0 Å². The molecule has 1 aliphatic rings. The van der Waals surface area contributed by atoms with Gasteiger partial charge < -0.3 is 0 Å². The van der Waals surface area contributed by atoms with Gasteiger partial charge in [-0.3, -0.25) is 0 Å². The zero-order valence-electron chi connectivity index (χ0n) is 12.8. The molecule has 1 aromatic carbocycles. The Labute approximate surface area is 133 Å². The Morgan fingerprint density at radius 1 is 1.29 bits per heavy atom. The van der Waals surface area contributed by atoms with E-state index in [4.69, 9.17) is 11.6 Å². The van der Waals surface area contributed by atoms with Crippen LogP contribution in [0.15, 0.2) is 29.2 Å². The van der Waals surface area contributed by atoms with Gasteiger partial charge in [-0.1, -0.05) is 37.5 Å². The lowest BCUT2D eigenvalue weighted by atomic mass is 9.93. The van der Waals surface area contributed by atoms with Gasteiger partial charge in [-0.05, 0) is 38.3 Å². The third kappa shape index (κ3) is 3.99. The van der Waals surface area contributed by atoms with Gasteiger partial charge in [-0.15, -0.1) is 11.6 Å². The molecule has 3 nitrogen and oxygen atoms in total. The summed E-state index contributed by atoms with van der Waals surface area (Å²) >= 11 is 6.66. The van der Waals surface area contributed by atoms with Gasteiger partial charge in [0.05, 0.1) is 9.77 Å². The molecule has 1 fully saturated rings. The van der Waals surface area contributed by atoms with Crippen molar-refractivity contribution in [2.24, 2.45) is 0 Å². The fraction of sp³-hybridized carbons (Fsp3) is 0.625. The molecule has 1 saturated heterocycles. The zero-order valence-corrected chi connectivity index (χ0v) is 14.4. The van der Waals surface area contributed by atoms with Crippen LogP contribution in [0.5, 0.6) is 0 Å². The maximum Gasteiger partial charge on any atom is 0.243 e. The summed E-state index contributed by atoms with van der Waals surface area (Å²) < 4.78 is 27.0. The minimum atomic E-state index is -3.43. The fourth-order valence-electron chi connectivity index (χ4n) is 2.81. The molecule has 5 heteroatoms. The van der Waals surface area contributed by atoms with Crippen LogP contribution in [0, 0.1) is 6.92 Å². The summed E-state index contributed by atoms with van der Waals surface area (Å²) in [5.41, 5.74) is 1.06. The van der Waals surface area contributed by atoms with E-state index in [1.807, 2.05) is 19.1 Å². The summed E-state index contributed by atoms with van der Waals surface area (Å²) in [5.74, 6) is 0. The first-order chi connectivity index (χ1) is 9.87. The minimum absolute atomic E-state index is 0.365. The molecule has 1 aromatic rings. The van der Waals surface area contributed by atoms with E-state index >= 15 is 0 Å². The Hall–Kier alpha value is -0.580. The smallest absolute Gasteiger partial charge is 0.207 e. The first kappa shape index (κ1) is 16.8. The molecule has 1 heterocycles. The number of piperidine rings is 1. The molecule has 1 unspecified atom stereocenters. The zero-order chi connectivity index (χ0) is 15.5. The number of hydrogen-bond acceptors (Lipinski definition) is 2. The van der Waals surface area contributed by atoms with E-state index in [1.165, 1.54) is 0 Å². The van der Waals surface area contributed by atoms with Crippen molar-refractivity contribution in [2.45, 2.75) is 55.7 Å². The van der Waals surface area contributed by atoms with Crippen LogP contribution in [0.25, 0.3) is 0 Å². The molecular formula is C16H24ClNO2S. The number of alkyl halides is 1. The molecule has 2 rings (SSSR count). The maximum absolute atomic E-state index is 12.7. The summed E-state index contributed by atoms with van der Waals surface area (Å²) in [4.78, 5) is -0.0315. The first-order valence-electron chi connectivity index (χ1n) is 7.63. The highest BCUT2D eigenvalue weighted by Crippen LogP contribution is 2.35. The van der Waals surface area contributed by atoms with Gasteiger partial charge >= 0.3 is 0 Å². The van der Waals surface area contributed by atoms with Crippen LogP contribution in [0.1, 0.15) is 44.6 Å². The van der Waals surface area contributed by atoms with E-state index in [9.17, 15) is 8.42 Å². The van der Waals surface area contributed by atoms with E-state index in [1.54, 1.807) is 16.4 Å². The van der Waals surface area contributed by atoms with Crippen LogP contribution in [0.3, 0.4) is 0 Å². The van der Waals surface area contributed by atoms with Gasteiger partial charge in [0.2, 0.25) is 10.0 Å². The lowest BCUT2D eigenvalue weighted by Crippen LogP contribution is -2.47. The van der Waals surface area contributed by atoms with E-state index < -0.39 is 14.9 Å². The molecular weight excluding hydrogens is 306 g/mol. The van der Waals surface area contributed by atoms with Gasteiger partial charge in [0.25, 0.3) is 0 Å². The van der Waals surface area contributed by atoms with Crippen molar-refractivity contribution in [1.82, 2.24) is 4.31 Å². The number of aryl methyl sites for hydroxylation is 1. The van der Waals surface area contributed by atoms with Crippen molar-refractivity contribution in [3.63, 3.8) is 0 Å². The van der Waals surface area contributed by atoms with Gasteiger partial charge in [-0.2, -0.15) is 4.31 Å². The molecule has 21 heavy (non-hydrogen) atoms. The van der Waals surface area contributed by atoms with Crippen molar-refractivity contribution >= 4 is 21.6 Å². The minimum Gasteiger partial charge on any atom is -0.207 e. The van der Waals surface area contributed by atoms with Crippen molar-refractivity contribution < 1.29 is 8.42 Å². The molecule has 0 aromatic heterocycles. The molecule has 0 bridgehead atoms. The van der Waals surface area contributed by atoms with Crippen molar-refractivity contribution in [2.75, 3.05) is 13.1 Å². The molecule has 0 saturated carbocycles. The predicted octanol–water partition coefficient (Wildman–Crippen LogP) is 3.95. The Bertz CT molecular complexity index is 570. The Morgan fingerprint density at radius 3 is 2.57 bits per heavy atom. The molecule has 0 radical (unpaired) electrons. The molecule has 0 N–H and O–H groups in total. The quantitative estimate of drug-likeness (QED) is 0.767. The molecule has 1 aliphatic heterocycles. The monoisotopic (exact) mass is 329 g/mol. The van der Waals surface area contributed by atoms with E-state index in [0.717, 1.165) is 37.7 Å². The van der Waals surface area contributed by atoms with Gasteiger partial charge in [0, 0.05) is 13.1 Å². The van der Waals surface area contributed by atoms with Gasteiger partial charge in [-0.25, -0.2) is 8.42 Å². The largest absolute Gasteiger partial charge is 0.243 e.